The van der Waals surface area contributed by atoms with Crippen LogP contribution in [0.4, 0.5) is 11.4 Å². The van der Waals surface area contributed by atoms with E-state index in [1.165, 1.54) is 86.4 Å². The Morgan fingerprint density at radius 1 is 0.585 bits per heavy atom. The molecule has 2 heterocycles. The molecule has 0 amide bonds. The lowest BCUT2D eigenvalue weighted by Crippen LogP contribution is -2.54. The summed E-state index contributed by atoms with van der Waals surface area (Å²) in [6.45, 7) is 5.01. The van der Waals surface area contributed by atoms with Crippen molar-refractivity contribution in [2.75, 3.05) is 4.90 Å². The molecule has 0 N–H and O–H groups in total. The molecule has 200 valence electrons. The molecule has 8 rings (SSSR count). The molecular formula is C39H34N2. The van der Waals surface area contributed by atoms with Crippen LogP contribution in [0.15, 0.2) is 122 Å². The Kier molecular flexibility index (Phi) is 5.37. The van der Waals surface area contributed by atoms with Crippen molar-refractivity contribution >= 4 is 32.9 Å². The van der Waals surface area contributed by atoms with Gasteiger partial charge in [0.15, 0.2) is 0 Å². The molecule has 2 atom stereocenters. The molecule has 1 aliphatic heterocycles. The van der Waals surface area contributed by atoms with Gasteiger partial charge in [-0.2, -0.15) is 0 Å². The summed E-state index contributed by atoms with van der Waals surface area (Å²) in [5.41, 5.74) is 9.38. The van der Waals surface area contributed by atoms with E-state index in [0.29, 0.717) is 0 Å². The topological polar surface area (TPSA) is 16.1 Å². The van der Waals surface area contributed by atoms with E-state index in [2.05, 4.69) is 133 Å². The minimum Gasteiger partial charge on any atom is -0.334 e. The summed E-state index contributed by atoms with van der Waals surface area (Å²) in [7, 11) is 0. The predicted octanol–water partition coefficient (Wildman–Crippen LogP) is 10.5. The fourth-order valence-electron chi connectivity index (χ4n) is 8.14. The largest absolute Gasteiger partial charge is 0.334 e. The van der Waals surface area contributed by atoms with Gasteiger partial charge < -0.3 is 4.90 Å². The third-order valence-corrected chi connectivity index (χ3v) is 10.3. The molecule has 1 saturated carbocycles. The highest BCUT2D eigenvalue weighted by atomic mass is 15.3. The lowest BCUT2D eigenvalue weighted by molar-refractivity contribution is 0.195. The van der Waals surface area contributed by atoms with Crippen molar-refractivity contribution in [3.63, 3.8) is 0 Å². The third kappa shape index (κ3) is 3.40. The van der Waals surface area contributed by atoms with Gasteiger partial charge >= 0.3 is 0 Å². The first-order chi connectivity index (χ1) is 20.1. The molecular weight excluding hydrogens is 496 g/mol. The predicted molar refractivity (Wildman–Crippen MR) is 173 cm³/mol. The first kappa shape index (κ1) is 24.4. The third-order valence-electron chi connectivity index (χ3n) is 10.3. The first-order valence-corrected chi connectivity index (χ1v) is 14.9. The van der Waals surface area contributed by atoms with Crippen LogP contribution in [-0.2, 0) is 5.41 Å². The fourth-order valence-corrected chi connectivity index (χ4v) is 8.14. The number of pyridine rings is 1. The molecule has 2 aliphatic rings. The summed E-state index contributed by atoms with van der Waals surface area (Å²) in [5, 5.41) is 5.23. The normalized spacial score (nSPS) is 21.7. The molecule has 2 heteroatoms. The van der Waals surface area contributed by atoms with Gasteiger partial charge in [0.25, 0.3) is 0 Å². The Labute approximate surface area is 242 Å². The second-order valence-corrected chi connectivity index (χ2v) is 12.3. The van der Waals surface area contributed by atoms with Crippen LogP contribution in [0, 0.1) is 0 Å². The molecule has 2 unspecified atom stereocenters. The van der Waals surface area contributed by atoms with Gasteiger partial charge in [0, 0.05) is 29.2 Å². The van der Waals surface area contributed by atoms with Gasteiger partial charge in [0.2, 0.25) is 0 Å². The maximum absolute atomic E-state index is 4.33. The van der Waals surface area contributed by atoms with Crippen molar-refractivity contribution in [1.82, 2.24) is 4.98 Å². The number of hydrogen-bond donors (Lipinski definition) is 0. The quantitative estimate of drug-likeness (QED) is 0.212. The number of fused-ring (bicyclic) bond motifs is 5. The van der Waals surface area contributed by atoms with Crippen molar-refractivity contribution in [1.29, 1.82) is 0 Å². The van der Waals surface area contributed by atoms with Gasteiger partial charge in [-0.1, -0.05) is 105 Å². The Morgan fingerprint density at radius 2 is 1.15 bits per heavy atom. The zero-order chi connectivity index (χ0) is 27.6. The van der Waals surface area contributed by atoms with Crippen LogP contribution in [-0.4, -0.2) is 10.5 Å². The molecule has 0 saturated heterocycles. The van der Waals surface area contributed by atoms with E-state index in [4.69, 9.17) is 0 Å². The fraction of sp³-hybridized carbons (Fsp3) is 0.205. The maximum Gasteiger partial charge on any atom is 0.0517 e. The van der Waals surface area contributed by atoms with Crippen molar-refractivity contribution < 1.29 is 0 Å². The Hall–Kier alpha value is -4.43. The minimum absolute atomic E-state index is 0.0227. The molecule has 41 heavy (non-hydrogen) atoms. The number of aromatic nitrogens is 1. The SMILES string of the molecule is CC12CCCCC1(C)N(c1ccncc1)c1ccc(-c3c4ccccc4c(-c4ccccc4)c4ccccc34)cc12. The van der Waals surface area contributed by atoms with Gasteiger partial charge in [-0.05, 0) is 93.4 Å². The Balaban J connectivity index is 1.42. The summed E-state index contributed by atoms with van der Waals surface area (Å²) in [6.07, 6.45) is 8.79. The van der Waals surface area contributed by atoms with Crippen molar-refractivity contribution in [3.8, 4) is 22.3 Å². The Morgan fingerprint density at radius 3 is 1.78 bits per heavy atom. The van der Waals surface area contributed by atoms with E-state index >= 15 is 0 Å². The first-order valence-electron chi connectivity index (χ1n) is 14.9. The van der Waals surface area contributed by atoms with E-state index in [1.54, 1.807) is 0 Å². The lowest BCUT2D eigenvalue weighted by Gasteiger charge is -2.50. The summed E-state index contributed by atoms with van der Waals surface area (Å²) in [4.78, 5) is 6.96. The molecule has 1 aliphatic carbocycles. The number of benzene rings is 5. The Bertz CT molecular complexity index is 1870. The van der Waals surface area contributed by atoms with E-state index < -0.39 is 0 Å². The van der Waals surface area contributed by atoms with Gasteiger partial charge in [-0.15, -0.1) is 0 Å². The number of nitrogens with zero attached hydrogens (tertiary/aromatic N) is 2. The van der Waals surface area contributed by atoms with Crippen molar-refractivity contribution in [2.45, 2.75) is 50.5 Å². The molecule has 5 aromatic carbocycles. The van der Waals surface area contributed by atoms with Crippen LogP contribution in [0.3, 0.4) is 0 Å². The van der Waals surface area contributed by atoms with E-state index in [-0.39, 0.29) is 11.0 Å². The number of hydrogen-bond acceptors (Lipinski definition) is 2. The van der Waals surface area contributed by atoms with Crippen LogP contribution < -0.4 is 4.90 Å². The molecule has 0 spiro atoms. The highest BCUT2D eigenvalue weighted by molar-refractivity contribution is 6.21. The summed E-state index contributed by atoms with van der Waals surface area (Å²) in [6, 6.07) is 40.5. The molecule has 1 fully saturated rings. The van der Waals surface area contributed by atoms with Crippen LogP contribution in [0.25, 0.3) is 43.8 Å². The van der Waals surface area contributed by atoms with Crippen molar-refractivity contribution in [3.05, 3.63) is 127 Å². The summed E-state index contributed by atoms with van der Waals surface area (Å²) >= 11 is 0. The van der Waals surface area contributed by atoms with Crippen LogP contribution in [0.2, 0.25) is 0 Å². The standard InChI is InChI=1S/C39H34N2/c1-38-22-10-11-23-39(38,2)41(29-20-24-40-25-21-29)35-19-18-28(26-34(35)38)37-32-16-8-6-14-30(32)36(27-12-4-3-5-13-27)31-15-7-9-17-33(31)37/h3-9,12-21,24-26H,10-11,22-23H2,1-2H3. The van der Waals surface area contributed by atoms with Gasteiger partial charge in [0.1, 0.15) is 0 Å². The molecule has 0 bridgehead atoms. The molecule has 6 aromatic rings. The highest BCUT2D eigenvalue weighted by Gasteiger charge is 2.57. The second-order valence-electron chi connectivity index (χ2n) is 12.3. The van der Waals surface area contributed by atoms with E-state index in [0.717, 1.165) is 0 Å². The summed E-state index contributed by atoms with van der Waals surface area (Å²) < 4.78 is 0. The molecule has 2 nitrogen and oxygen atoms in total. The molecule has 0 radical (unpaired) electrons. The average molecular weight is 531 g/mol. The number of rotatable bonds is 3. The minimum atomic E-state index is 0.0227. The smallest absolute Gasteiger partial charge is 0.0517 e. The highest BCUT2D eigenvalue weighted by Crippen LogP contribution is 2.61. The van der Waals surface area contributed by atoms with Crippen LogP contribution in [0.1, 0.15) is 45.1 Å². The second kappa shape index (κ2) is 9.04. The van der Waals surface area contributed by atoms with E-state index in [1.807, 2.05) is 12.4 Å². The lowest BCUT2D eigenvalue weighted by atomic mass is 9.61. The summed E-state index contributed by atoms with van der Waals surface area (Å²) in [5.74, 6) is 0. The van der Waals surface area contributed by atoms with Gasteiger partial charge in [-0.25, -0.2) is 0 Å². The average Bonchev–Trinajstić information content (AvgIpc) is 3.23. The zero-order valence-electron chi connectivity index (χ0n) is 23.8. The van der Waals surface area contributed by atoms with Gasteiger partial charge in [0.05, 0.1) is 5.54 Å². The number of anilines is 2. The van der Waals surface area contributed by atoms with Gasteiger partial charge in [-0.3, -0.25) is 4.98 Å². The van der Waals surface area contributed by atoms with Crippen LogP contribution in [0.5, 0.6) is 0 Å². The molecule has 1 aromatic heterocycles. The van der Waals surface area contributed by atoms with Crippen molar-refractivity contribution in [2.24, 2.45) is 0 Å². The maximum atomic E-state index is 4.33. The zero-order valence-corrected chi connectivity index (χ0v) is 23.8. The van der Waals surface area contributed by atoms with E-state index in [9.17, 15) is 0 Å². The van der Waals surface area contributed by atoms with Crippen LogP contribution >= 0.6 is 0 Å². The monoisotopic (exact) mass is 530 g/mol.